The van der Waals surface area contributed by atoms with Crippen LogP contribution in [-0.4, -0.2) is 22.7 Å². The van der Waals surface area contributed by atoms with Crippen LogP contribution in [0, 0.1) is 12.8 Å². The number of rotatable bonds is 4. The molecule has 0 unspecified atom stereocenters. The zero-order valence-electron chi connectivity index (χ0n) is 9.29. The van der Waals surface area contributed by atoms with Crippen LogP contribution >= 0.6 is 15.9 Å². The normalized spacial score (nSPS) is 14.7. The van der Waals surface area contributed by atoms with Crippen LogP contribution < -0.4 is 5.32 Å². The standard InChI is InChI=1S/C11H17BrN2O/c1-7-4-10(12)5-13-11(7)14-9(3)8(2)6-15/h4-5,8-9,15H,6H2,1-3H3,(H,13,14)/t8-,9-/m0/s1. The summed E-state index contributed by atoms with van der Waals surface area (Å²) in [6, 6.07) is 2.23. The average Bonchev–Trinajstić information content (AvgIpc) is 2.20. The molecule has 0 aromatic carbocycles. The summed E-state index contributed by atoms with van der Waals surface area (Å²) in [4.78, 5) is 4.29. The van der Waals surface area contributed by atoms with E-state index >= 15 is 0 Å². The van der Waals surface area contributed by atoms with Gasteiger partial charge in [0.2, 0.25) is 0 Å². The molecule has 1 aromatic rings. The minimum absolute atomic E-state index is 0.184. The van der Waals surface area contributed by atoms with Crippen molar-refractivity contribution in [1.82, 2.24) is 4.98 Å². The van der Waals surface area contributed by atoms with Crippen molar-refractivity contribution in [3.63, 3.8) is 0 Å². The van der Waals surface area contributed by atoms with Crippen molar-refractivity contribution in [2.24, 2.45) is 5.92 Å². The average molecular weight is 273 g/mol. The fraction of sp³-hybridized carbons (Fsp3) is 0.545. The van der Waals surface area contributed by atoms with E-state index < -0.39 is 0 Å². The molecule has 4 heteroatoms. The van der Waals surface area contributed by atoms with Gasteiger partial charge in [-0.1, -0.05) is 6.92 Å². The molecule has 2 N–H and O–H groups in total. The van der Waals surface area contributed by atoms with Crippen LogP contribution in [0.4, 0.5) is 5.82 Å². The van der Waals surface area contributed by atoms with Gasteiger partial charge in [0.1, 0.15) is 5.82 Å². The Labute approximate surface area is 99.1 Å². The molecule has 1 aromatic heterocycles. The van der Waals surface area contributed by atoms with Crippen LogP contribution in [0.2, 0.25) is 0 Å². The van der Waals surface area contributed by atoms with Gasteiger partial charge in [0.25, 0.3) is 0 Å². The van der Waals surface area contributed by atoms with Crippen molar-refractivity contribution in [1.29, 1.82) is 0 Å². The van der Waals surface area contributed by atoms with Crippen molar-refractivity contribution < 1.29 is 5.11 Å². The molecule has 0 fully saturated rings. The summed E-state index contributed by atoms with van der Waals surface area (Å²) in [5.41, 5.74) is 1.10. The topological polar surface area (TPSA) is 45.2 Å². The minimum Gasteiger partial charge on any atom is -0.396 e. The summed E-state index contributed by atoms with van der Waals surface area (Å²) >= 11 is 3.37. The third kappa shape index (κ3) is 3.47. The highest BCUT2D eigenvalue weighted by Gasteiger charge is 2.12. The summed E-state index contributed by atoms with van der Waals surface area (Å²) in [7, 11) is 0. The number of halogens is 1. The molecule has 0 aliphatic rings. The Morgan fingerprint density at radius 2 is 2.20 bits per heavy atom. The molecule has 0 amide bonds. The van der Waals surface area contributed by atoms with Gasteiger partial charge in [-0.15, -0.1) is 0 Å². The summed E-state index contributed by atoms with van der Waals surface area (Å²) in [5.74, 6) is 1.10. The number of nitrogens with one attached hydrogen (secondary N) is 1. The minimum atomic E-state index is 0.184. The van der Waals surface area contributed by atoms with E-state index in [1.165, 1.54) is 0 Å². The number of aliphatic hydroxyl groups excluding tert-OH is 1. The Morgan fingerprint density at radius 3 is 2.73 bits per heavy atom. The molecule has 0 aliphatic heterocycles. The van der Waals surface area contributed by atoms with Gasteiger partial charge in [-0.05, 0) is 47.3 Å². The van der Waals surface area contributed by atoms with E-state index in [4.69, 9.17) is 5.11 Å². The van der Waals surface area contributed by atoms with Gasteiger partial charge in [0, 0.05) is 23.3 Å². The van der Waals surface area contributed by atoms with Crippen LogP contribution in [-0.2, 0) is 0 Å². The van der Waals surface area contributed by atoms with Crippen LogP contribution in [0.25, 0.3) is 0 Å². The number of hydrogen-bond acceptors (Lipinski definition) is 3. The van der Waals surface area contributed by atoms with Gasteiger partial charge in [0.05, 0.1) is 0 Å². The molecule has 3 nitrogen and oxygen atoms in total. The van der Waals surface area contributed by atoms with Crippen LogP contribution in [0.1, 0.15) is 19.4 Å². The number of pyridine rings is 1. The predicted molar refractivity (Wildman–Crippen MR) is 66.0 cm³/mol. The summed E-state index contributed by atoms with van der Waals surface area (Å²) < 4.78 is 0.980. The highest BCUT2D eigenvalue weighted by atomic mass is 79.9. The fourth-order valence-electron chi connectivity index (χ4n) is 1.21. The van der Waals surface area contributed by atoms with Crippen LogP contribution in [0.15, 0.2) is 16.7 Å². The first kappa shape index (κ1) is 12.5. The van der Waals surface area contributed by atoms with Crippen molar-refractivity contribution in [3.8, 4) is 0 Å². The van der Waals surface area contributed by atoms with Gasteiger partial charge in [-0.3, -0.25) is 0 Å². The lowest BCUT2D eigenvalue weighted by Crippen LogP contribution is -2.27. The Bertz CT molecular complexity index is 330. The zero-order chi connectivity index (χ0) is 11.4. The van der Waals surface area contributed by atoms with Gasteiger partial charge in [-0.25, -0.2) is 4.98 Å². The second kappa shape index (κ2) is 5.47. The third-order valence-corrected chi connectivity index (χ3v) is 2.98. The Morgan fingerprint density at radius 1 is 1.53 bits per heavy atom. The van der Waals surface area contributed by atoms with Gasteiger partial charge in [0.15, 0.2) is 0 Å². The fourth-order valence-corrected chi connectivity index (χ4v) is 1.65. The van der Waals surface area contributed by atoms with E-state index in [0.29, 0.717) is 0 Å². The first-order chi connectivity index (χ1) is 7.04. The molecule has 1 rings (SSSR count). The second-order valence-corrected chi connectivity index (χ2v) is 4.83. The van der Waals surface area contributed by atoms with E-state index in [2.05, 4.69) is 26.2 Å². The maximum Gasteiger partial charge on any atom is 0.129 e. The van der Waals surface area contributed by atoms with E-state index in [9.17, 15) is 0 Å². The molecule has 1 heterocycles. The van der Waals surface area contributed by atoms with Gasteiger partial charge >= 0.3 is 0 Å². The summed E-state index contributed by atoms with van der Waals surface area (Å²) in [6.45, 7) is 6.25. The predicted octanol–water partition coefficient (Wildman–Crippen LogP) is 2.58. The van der Waals surface area contributed by atoms with Crippen molar-refractivity contribution in [3.05, 3.63) is 22.3 Å². The first-order valence-corrected chi connectivity index (χ1v) is 5.83. The van der Waals surface area contributed by atoms with E-state index in [-0.39, 0.29) is 18.6 Å². The van der Waals surface area contributed by atoms with Crippen LogP contribution in [0.3, 0.4) is 0 Å². The molecule has 0 saturated heterocycles. The number of aromatic nitrogens is 1. The van der Waals surface area contributed by atoms with Crippen LogP contribution in [0.5, 0.6) is 0 Å². The molecular formula is C11H17BrN2O. The summed E-state index contributed by atoms with van der Waals surface area (Å²) in [6.07, 6.45) is 1.77. The Kier molecular flexibility index (Phi) is 4.54. The number of hydrogen-bond donors (Lipinski definition) is 2. The quantitative estimate of drug-likeness (QED) is 0.886. The number of anilines is 1. The lowest BCUT2D eigenvalue weighted by molar-refractivity contribution is 0.226. The van der Waals surface area contributed by atoms with Crippen molar-refractivity contribution in [2.75, 3.05) is 11.9 Å². The lowest BCUT2D eigenvalue weighted by Gasteiger charge is -2.20. The smallest absolute Gasteiger partial charge is 0.129 e. The second-order valence-electron chi connectivity index (χ2n) is 3.91. The lowest BCUT2D eigenvalue weighted by atomic mass is 10.1. The third-order valence-electron chi connectivity index (χ3n) is 2.55. The van der Waals surface area contributed by atoms with E-state index in [0.717, 1.165) is 15.9 Å². The maximum absolute atomic E-state index is 9.03. The van der Waals surface area contributed by atoms with Crippen molar-refractivity contribution >= 4 is 21.7 Å². The van der Waals surface area contributed by atoms with Gasteiger partial charge in [-0.2, -0.15) is 0 Å². The largest absolute Gasteiger partial charge is 0.396 e. The first-order valence-electron chi connectivity index (χ1n) is 5.04. The molecule has 0 aliphatic carbocycles. The van der Waals surface area contributed by atoms with E-state index in [1.54, 1.807) is 6.20 Å². The highest BCUT2D eigenvalue weighted by molar-refractivity contribution is 9.10. The number of nitrogens with zero attached hydrogens (tertiary/aromatic N) is 1. The Hall–Kier alpha value is -0.610. The summed E-state index contributed by atoms with van der Waals surface area (Å²) in [5, 5.41) is 12.3. The SMILES string of the molecule is Cc1cc(Br)cnc1N[C@@H](C)[C@@H](C)CO. The molecular weight excluding hydrogens is 256 g/mol. The molecule has 15 heavy (non-hydrogen) atoms. The highest BCUT2D eigenvalue weighted by Crippen LogP contribution is 2.18. The molecule has 0 radical (unpaired) electrons. The number of aliphatic hydroxyl groups is 1. The molecule has 2 atom stereocenters. The van der Waals surface area contributed by atoms with Crippen molar-refractivity contribution in [2.45, 2.75) is 26.8 Å². The van der Waals surface area contributed by atoms with Gasteiger partial charge < -0.3 is 10.4 Å². The van der Waals surface area contributed by atoms with E-state index in [1.807, 2.05) is 26.8 Å². The zero-order valence-corrected chi connectivity index (χ0v) is 10.9. The maximum atomic E-state index is 9.03. The Balaban J connectivity index is 2.72. The number of aryl methyl sites for hydroxylation is 1. The molecule has 0 bridgehead atoms. The molecule has 0 saturated carbocycles. The molecule has 84 valence electrons. The molecule has 0 spiro atoms. The monoisotopic (exact) mass is 272 g/mol.